The molecule has 3 heteroatoms. The third-order valence-electron chi connectivity index (χ3n) is 11.8. The fourth-order valence-electron chi connectivity index (χ4n) is 9.38. The van der Waals surface area contributed by atoms with E-state index >= 15 is 0 Å². The number of fused-ring (bicyclic) bond motifs is 11. The minimum Gasteiger partial charge on any atom is -0.472 e. The summed E-state index contributed by atoms with van der Waals surface area (Å²) >= 11 is 0. The molecule has 0 aromatic heterocycles. The standard InChI is InChI=1S/C48H38N2O/c1-47(2)42-30-33(49-3)21-24-40(42)44-38-17-9-10-18-39(38)46-41(45(44)47)25-26-48(51-46,32-19-22-34(23-20-32)50-27-11-4-12-28-50)43-29-31-13-5-6-14-35(31)36-15-7-8-16-37(36)43/h5-10,13-26,29-30H,4,11-12,27-28H2,1-2H3. The summed E-state index contributed by atoms with van der Waals surface area (Å²) in [5.74, 6) is 0.912. The molecule has 1 fully saturated rings. The molecule has 2 heterocycles. The second-order valence-electron chi connectivity index (χ2n) is 15.0. The molecule has 1 atom stereocenters. The number of nitrogens with zero attached hydrogens (tertiary/aromatic N) is 2. The summed E-state index contributed by atoms with van der Waals surface area (Å²) in [4.78, 5) is 6.33. The zero-order valence-corrected chi connectivity index (χ0v) is 29.0. The van der Waals surface area contributed by atoms with E-state index in [2.05, 4.69) is 151 Å². The van der Waals surface area contributed by atoms with Crippen molar-refractivity contribution >= 4 is 49.8 Å². The first-order valence-corrected chi connectivity index (χ1v) is 18.2. The molecule has 1 unspecified atom stereocenters. The monoisotopic (exact) mass is 658 g/mol. The summed E-state index contributed by atoms with van der Waals surface area (Å²) in [6, 6.07) is 44.0. The predicted octanol–water partition coefficient (Wildman–Crippen LogP) is 12.3. The van der Waals surface area contributed by atoms with Gasteiger partial charge in [0.15, 0.2) is 11.3 Å². The van der Waals surface area contributed by atoms with E-state index in [1.165, 1.54) is 74.1 Å². The predicted molar refractivity (Wildman–Crippen MR) is 212 cm³/mol. The molecule has 0 spiro atoms. The van der Waals surface area contributed by atoms with Gasteiger partial charge in [0, 0.05) is 46.3 Å². The zero-order valence-electron chi connectivity index (χ0n) is 29.0. The number of anilines is 1. The maximum absolute atomic E-state index is 7.76. The van der Waals surface area contributed by atoms with Crippen molar-refractivity contribution in [1.29, 1.82) is 0 Å². The molecule has 0 radical (unpaired) electrons. The molecule has 3 nitrogen and oxygen atoms in total. The maximum atomic E-state index is 7.76. The van der Waals surface area contributed by atoms with E-state index in [9.17, 15) is 0 Å². The molecule has 1 saturated heterocycles. The second-order valence-corrected chi connectivity index (χ2v) is 15.0. The minimum atomic E-state index is -0.888. The summed E-state index contributed by atoms with van der Waals surface area (Å²) < 4.78 is 7.76. The van der Waals surface area contributed by atoms with Gasteiger partial charge in [0.25, 0.3) is 0 Å². The fraction of sp³-hybridized carbons (Fsp3) is 0.188. The van der Waals surface area contributed by atoms with Crippen molar-refractivity contribution in [2.24, 2.45) is 0 Å². The van der Waals surface area contributed by atoms with Crippen LogP contribution in [-0.4, -0.2) is 13.1 Å². The van der Waals surface area contributed by atoms with Crippen molar-refractivity contribution in [2.75, 3.05) is 18.0 Å². The van der Waals surface area contributed by atoms with Crippen LogP contribution in [-0.2, 0) is 11.0 Å². The van der Waals surface area contributed by atoms with Crippen LogP contribution < -0.4 is 9.64 Å². The summed E-state index contributed by atoms with van der Waals surface area (Å²) in [5.41, 5.74) is 9.04. The highest BCUT2D eigenvalue weighted by molar-refractivity contribution is 6.11. The van der Waals surface area contributed by atoms with Gasteiger partial charge in [-0.3, -0.25) is 0 Å². The highest BCUT2D eigenvalue weighted by Crippen LogP contribution is 2.59. The van der Waals surface area contributed by atoms with Gasteiger partial charge in [0.05, 0.1) is 6.57 Å². The Morgan fingerprint density at radius 3 is 2.12 bits per heavy atom. The Morgan fingerprint density at radius 1 is 0.667 bits per heavy atom. The first-order valence-electron chi connectivity index (χ1n) is 18.2. The van der Waals surface area contributed by atoms with Crippen LogP contribution in [0.1, 0.15) is 60.9 Å². The summed E-state index contributed by atoms with van der Waals surface area (Å²) in [7, 11) is 0. The summed E-state index contributed by atoms with van der Waals surface area (Å²) in [6.07, 6.45) is 8.46. The van der Waals surface area contributed by atoms with Crippen molar-refractivity contribution in [2.45, 2.75) is 44.1 Å². The number of piperidine rings is 1. The van der Waals surface area contributed by atoms with E-state index in [0.29, 0.717) is 5.69 Å². The van der Waals surface area contributed by atoms with Crippen LogP contribution in [0.15, 0.2) is 127 Å². The lowest BCUT2D eigenvalue weighted by Crippen LogP contribution is -2.35. The quantitative estimate of drug-likeness (QED) is 0.139. The molecule has 0 bridgehead atoms. The van der Waals surface area contributed by atoms with Gasteiger partial charge >= 0.3 is 0 Å². The molecule has 7 aromatic carbocycles. The van der Waals surface area contributed by atoms with Gasteiger partial charge in [-0.15, -0.1) is 0 Å². The maximum Gasteiger partial charge on any atom is 0.187 e. The number of hydrogen-bond acceptors (Lipinski definition) is 2. The first-order chi connectivity index (χ1) is 25.0. The number of rotatable bonds is 3. The van der Waals surface area contributed by atoms with E-state index in [4.69, 9.17) is 11.3 Å². The topological polar surface area (TPSA) is 16.8 Å². The van der Waals surface area contributed by atoms with Crippen LogP contribution >= 0.6 is 0 Å². The molecule has 0 saturated carbocycles. The van der Waals surface area contributed by atoms with Gasteiger partial charge in [0.2, 0.25) is 0 Å². The molecule has 10 rings (SSSR count). The molecule has 7 aromatic rings. The molecule has 51 heavy (non-hydrogen) atoms. The van der Waals surface area contributed by atoms with Gasteiger partial charge in [0.1, 0.15) is 5.75 Å². The average Bonchev–Trinajstić information content (AvgIpc) is 3.43. The van der Waals surface area contributed by atoms with Gasteiger partial charge in [-0.25, -0.2) is 4.85 Å². The Labute approximate surface area is 299 Å². The Bertz CT molecular complexity index is 2640. The molecule has 3 aliphatic rings. The smallest absolute Gasteiger partial charge is 0.187 e. The van der Waals surface area contributed by atoms with Gasteiger partial charge in [-0.2, -0.15) is 0 Å². The van der Waals surface area contributed by atoms with Crippen LogP contribution in [0.4, 0.5) is 11.4 Å². The normalized spacial score (nSPS) is 18.6. The summed E-state index contributed by atoms with van der Waals surface area (Å²) in [6.45, 7) is 14.6. The average molecular weight is 659 g/mol. The zero-order chi connectivity index (χ0) is 34.3. The fourth-order valence-corrected chi connectivity index (χ4v) is 9.38. The Balaban J connectivity index is 1.26. The highest BCUT2D eigenvalue weighted by Gasteiger charge is 2.45. The largest absolute Gasteiger partial charge is 0.472 e. The van der Waals surface area contributed by atoms with E-state index in [-0.39, 0.29) is 5.41 Å². The van der Waals surface area contributed by atoms with Crippen LogP contribution in [0.25, 0.3) is 54.4 Å². The Morgan fingerprint density at radius 2 is 1.35 bits per heavy atom. The lowest BCUT2D eigenvalue weighted by molar-refractivity contribution is 0.165. The Kier molecular flexibility index (Phi) is 6.52. The van der Waals surface area contributed by atoms with Gasteiger partial charge < -0.3 is 9.64 Å². The van der Waals surface area contributed by atoms with Crippen LogP contribution in [0, 0.1) is 6.57 Å². The van der Waals surface area contributed by atoms with Crippen LogP contribution in [0.5, 0.6) is 5.75 Å². The lowest BCUT2D eigenvalue weighted by atomic mass is 9.76. The lowest BCUT2D eigenvalue weighted by Gasteiger charge is -2.39. The molecule has 2 aliphatic heterocycles. The molecule has 0 N–H and O–H groups in total. The second kappa shape index (κ2) is 11.1. The van der Waals surface area contributed by atoms with Crippen LogP contribution in [0.2, 0.25) is 0 Å². The SMILES string of the molecule is [C-]#[N+]c1ccc2c(c1)C(C)(C)c1c3c(c4ccccc4c1-2)OC(c1ccc(N2CCCCC2)cc1)(c1cc2ccccc2c2ccccc12)C=C3. The number of hydrogen-bond donors (Lipinski definition) is 0. The third-order valence-corrected chi connectivity index (χ3v) is 11.8. The molecule has 1 aliphatic carbocycles. The van der Waals surface area contributed by atoms with Crippen molar-refractivity contribution in [3.05, 3.63) is 167 Å². The molecular formula is C48H38N2O. The molecule has 0 amide bonds. The van der Waals surface area contributed by atoms with E-state index < -0.39 is 5.60 Å². The van der Waals surface area contributed by atoms with Crippen molar-refractivity contribution in [1.82, 2.24) is 0 Å². The van der Waals surface area contributed by atoms with Crippen molar-refractivity contribution in [3.63, 3.8) is 0 Å². The van der Waals surface area contributed by atoms with E-state index in [1.54, 1.807) is 0 Å². The van der Waals surface area contributed by atoms with Crippen LogP contribution in [0.3, 0.4) is 0 Å². The van der Waals surface area contributed by atoms with Crippen molar-refractivity contribution < 1.29 is 4.74 Å². The summed E-state index contributed by atoms with van der Waals surface area (Å²) in [5, 5.41) is 7.14. The third kappa shape index (κ3) is 4.29. The number of ether oxygens (including phenoxy) is 1. The highest BCUT2D eigenvalue weighted by atomic mass is 16.5. The first kappa shape index (κ1) is 30.0. The minimum absolute atomic E-state index is 0.321. The van der Waals surface area contributed by atoms with E-state index in [1.807, 2.05) is 6.07 Å². The Hall–Kier alpha value is -5.85. The van der Waals surface area contributed by atoms with Crippen molar-refractivity contribution in [3.8, 4) is 16.9 Å². The molecular weight excluding hydrogens is 621 g/mol. The van der Waals surface area contributed by atoms with E-state index in [0.717, 1.165) is 40.9 Å². The molecule has 246 valence electrons. The number of benzene rings is 7. The van der Waals surface area contributed by atoms with Gasteiger partial charge in [-0.05, 0) is 92.7 Å². The van der Waals surface area contributed by atoms with Gasteiger partial charge in [-0.1, -0.05) is 123 Å².